The van der Waals surface area contributed by atoms with Crippen LogP contribution in [0.1, 0.15) is 15.9 Å². The molecule has 144 valence electrons. The average molecular weight is 380 g/mol. The topological polar surface area (TPSA) is 84.9 Å². The molecule has 0 saturated heterocycles. The summed E-state index contributed by atoms with van der Waals surface area (Å²) in [6, 6.07) is 14.5. The van der Waals surface area contributed by atoms with E-state index in [-0.39, 0.29) is 11.6 Å². The Hall–Kier alpha value is -3.61. The number of para-hydroxylation sites is 2. The number of carbonyl (C=O) groups is 3. The van der Waals surface area contributed by atoms with Gasteiger partial charge in [0.1, 0.15) is 5.70 Å². The third kappa shape index (κ3) is 3.88. The predicted octanol–water partition coefficient (Wildman–Crippen LogP) is 2.53. The summed E-state index contributed by atoms with van der Waals surface area (Å²) in [7, 11) is 2.41. The van der Waals surface area contributed by atoms with Gasteiger partial charge in [-0.3, -0.25) is 4.79 Å². The van der Waals surface area contributed by atoms with Gasteiger partial charge in [-0.05, 0) is 30.2 Å². The summed E-state index contributed by atoms with van der Waals surface area (Å²) in [5.74, 6) is -1.67. The molecule has 0 spiro atoms. The number of anilines is 2. The molecule has 0 aromatic heterocycles. The van der Waals surface area contributed by atoms with Gasteiger partial charge in [0.25, 0.3) is 5.91 Å². The van der Waals surface area contributed by atoms with Gasteiger partial charge in [0.05, 0.1) is 31.5 Å². The fourth-order valence-corrected chi connectivity index (χ4v) is 3.05. The molecule has 3 rings (SSSR count). The molecule has 2 aromatic rings. The van der Waals surface area contributed by atoms with Crippen molar-refractivity contribution < 1.29 is 23.9 Å². The number of hydrogen-bond acceptors (Lipinski definition) is 6. The van der Waals surface area contributed by atoms with Gasteiger partial charge in [0.15, 0.2) is 0 Å². The van der Waals surface area contributed by atoms with E-state index in [1.165, 1.54) is 14.2 Å². The molecule has 1 N–H and O–H groups in total. The van der Waals surface area contributed by atoms with Gasteiger partial charge in [0, 0.05) is 12.2 Å². The molecule has 28 heavy (non-hydrogen) atoms. The number of benzene rings is 2. The molecule has 0 unspecified atom stereocenters. The maximum absolute atomic E-state index is 13.2. The number of nitrogens with zero attached hydrogens (tertiary/aromatic N) is 1. The van der Waals surface area contributed by atoms with E-state index in [4.69, 9.17) is 4.74 Å². The van der Waals surface area contributed by atoms with Crippen LogP contribution in [0.25, 0.3) is 0 Å². The molecule has 0 radical (unpaired) electrons. The Morgan fingerprint density at radius 2 is 1.71 bits per heavy atom. The van der Waals surface area contributed by atoms with Crippen LogP contribution in [0.2, 0.25) is 0 Å². The van der Waals surface area contributed by atoms with E-state index >= 15 is 0 Å². The highest BCUT2D eigenvalue weighted by molar-refractivity contribution is 6.11. The van der Waals surface area contributed by atoms with Gasteiger partial charge in [-0.25, -0.2) is 9.59 Å². The maximum Gasteiger partial charge on any atom is 0.354 e. The highest BCUT2D eigenvalue weighted by Crippen LogP contribution is 2.30. The van der Waals surface area contributed by atoms with Crippen molar-refractivity contribution in [1.82, 2.24) is 0 Å². The average Bonchev–Trinajstić information content (AvgIpc) is 3.16. The Kier molecular flexibility index (Phi) is 5.74. The second-order valence-electron chi connectivity index (χ2n) is 6.08. The third-order valence-corrected chi connectivity index (χ3v) is 4.43. The zero-order valence-corrected chi connectivity index (χ0v) is 15.6. The van der Waals surface area contributed by atoms with E-state index in [9.17, 15) is 14.4 Å². The monoisotopic (exact) mass is 380 g/mol. The zero-order valence-electron chi connectivity index (χ0n) is 15.6. The summed E-state index contributed by atoms with van der Waals surface area (Å²) in [6.45, 7) is 0.578. The normalized spacial score (nSPS) is 12.9. The second-order valence-corrected chi connectivity index (χ2v) is 6.08. The van der Waals surface area contributed by atoms with Crippen LogP contribution in [0.4, 0.5) is 11.4 Å². The first-order valence-electron chi connectivity index (χ1n) is 8.69. The molecule has 0 saturated carbocycles. The molecule has 7 nitrogen and oxygen atoms in total. The minimum Gasteiger partial charge on any atom is -0.466 e. The first-order chi connectivity index (χ1) is 13.5. The SMILES string of the molecule is COC(=O)/C=C(/Nc1ccccc1C(=O)N1CCc2ccccc21)C(=O)OC. The molecule has 0 aliphatic carbocycles. The van der Waals surface area contributed by atoms with Crippen molar-refractivity contribution in [3.63, 3.8) is 0 Å². The molecular weight excluding hydrogens is 360 g/mol. The molecule has 1 amide bonds. The standard InChI is InChI=1S/C21H20N2O5/c1-27-19(24)13-17(21(26)28-2)22-16-9-5-4-8-15(16)20(25)23-12-11-14-7-3-6-10-18(14)23/h3-10,13,22H,11-12H2,1-2H3/b17-13+. The van der Waals surface area contributed by atoms with Crippen LogP contribution in [0.15, 0.2) is 60.3 Å². The predicted molar refractivity (Wildman–Crippen MR) is 104 cm³/mol. The number of fused-ring (bicyclic) bond motifs is 1. The molecule has 0 bridgehead atoms. The Balaban J connectivity index is 1.93. The van der Waals surface area contributed by atoms with Gasteiger partial charge in [-0.2, -0.15) is 0 Å². The van der Waals surface area contributed by atoms with Crippen molar-refractivity contribution >= 4 is 29.2 Å². The van der Waals surface area contributed by atoms with Crippen molar-refractivity contribution in [2.75, 3.05) is 31.0 Å². The van der Waals surface area contributed by atoms with E-state index in [0.29, 0.717) is 17.8 Å². The van der Waals surface area contributed by atoms with Gasteiger partial charge < -0.3 is 19.7 Å². The highest BCUT2D eigenvalue weighted by Gasteiger charge is 2.27. The summed E-state index contributed by atoms with van der Waals surface area (Å²) in [4.78, 5) is 38.5. The van der Waals surface area contributed by atoms with Crippen LogP contribution in [-0.4, -0.2) is 38.6 Å². The summed E-state index contributed by atoms with van der Waals surface area (Å²) < 4.78 is 9.28. The summed E-state index contributed by atoms with van der Waals surface area (Å²) in [6.07, 6.45) is 1.77. The minimum absolute atomic E-state index is 0.128. The van der Waals surface area contributed by atoms with E-state index in [2.05, 4.69) is 10.1 Å². The second kappa shape index (κ2) is 8.39. The number of rotatable bonds is 5. The Labute approximate surface area is 162 Å². The third-order valence-electron chi connectivity index (χ3n) is 4.43. The number of carbonyl (C=O) groups excluding carboxylic acids is 3. The Morgan fingerprint density at radius 1 is 1.00 bits per heavy atom. The first kappa shape index (κ1) is 19.2. The molecule has 2 aromatic carbocycles. The highest BCUT2D eigenvalue weighted by atomic mass is 16.5. The summed E-state index contributed by atoms with van der Waals surface area (Å²) >= 11 is 0. The molecule has 1 aliphatic rings. The van der Waals surface area contributed by atoms with Gasteiger partial charge >= 0.3 is 11.9 Å². The number of nitrogens with one attached hydrogen (secondary N) is 1. The number of ether oxygens (including phenoxy) is 2. The van der Waals surface area contributed by atoms with E-state index in [0.717, 1.165) is 23.7 Å². The molecule has 0 atom stereocenters. The Morgan fingerprint density at radius 3 is 2.46 bits per heavy atom. The maximum atomic E-state index is 13.2. The van der Waals surface area contributed by atoms with Crippen LogP contribution in [0.5, 0.6) is 0 Å². The molecule has 0 fully saturated rings. The quantitative estimate of drug-likeness (QED) is 0.634. The fraction of sp³-hybridized carbons (Fsp3) is 0.190. The van der Waals surface area contributed by atoms with E-state index in [1.807, 2.05) is 24.3 Å². The summed E-state index contributed by atoms with van der Waals surface area (Å²) in [5, 5.41) is 2.83. The largest absolute Gasteiger partial charge is 0.466 e. The lowest BCUT2D eigenvalue weighted by Crippen LogP contribution is -2.29. The number of hydrogen-bond donors (Lipinski definition) is 1. The lowest BCUT2D eigenvalue weighted by atomic mass is 10.1. The van der Waals surface area contributed by atoms with Gasteiger partial charge in [-0.15, -0.1) is 0 Å². The molecule has 7 heteroatoms. The zero-order chi connectivity index (χ0) is 20.1. The lowest BCUT2D eigenvalue weighted by Gasteiger charge is -2.20. The number of methoxy groups -OCH3 is 2. The van der Waals surface area contributed by atoms with Crippen molar-refractivity contribution in [2.24, 2.45) is 0 Å². The van der Waals surface area contributed by atoms with Crippen LogP contribution >= 0.6 is 0 Å². The van der Waals surface area contributed by atoms with E-state index < -0.39 is 11.9 Å². The van der Waals surface area contributed by atoms with Crippen molar-refractivity contribution in [2.45, 2.75) is 6.42 Å². The van der Waals surface area contributed by atoms with Crippen molar-refractivity contribution in [3.05, 3.63) is 71.4 Å². The van der Waals surface area contributed by atoms with Gasteiger partial charge in [0.2, 0.25) is 0 Å². The van der Waals surface area contributed by atoms with Crippen LogP contribution in [0.3, 0.4) is 0 Å². The lowest BCUT2D eigenvalue weighted by molar-refractivity contribution is -0.138. The van der Waals surface area contributed by atoms with E-state index in [1.54, 1.807) is 29.2 Å². The molecule has 1 aliphatic heterocycles. The van der Waals surface area contributed by atoms with Crippen molar-refractivity contribution in [1.29, 1.82) is 0 Å². The Bertz CT molecular complexity index is 951. The fourth-order valence-electron chi connectivity index (χ4n) is 3.05. The first-order valence-corrected chi connectivity index (χ1v) is 8.69. The number of amides is 1. The minimum atomic E-state index is -0.751. The number of esters is 2. The summed E-state index contributed by atoms with van der Waals surface area (Å²) in [5.41, 5.74) is 2.62. The van der Waals surface area contributed by atoms with Crippen molar-refractivity contribution in [3.8, 4) is 0 Å². The van der Waals surface area contributed by atoms with Gasteiger partial charge in [-0.1, -0.05) is 30.3 Å². The van der Waals surface area contributed by atoms with Crippen LogP contribution < -0.4 is 10.2 Å². The van der Waals surface area contributed by atoms with Crippen LogP contribution in [-0.2, 0) is 25.5 Å². The molecular formula is C21H20N2O5. The molecule has 1 heterocycles. The van der Waals surface area contributed by atoms with Crippen LogP contribution in [0, 0.1) is 0 Å². The smallest absolute Gasteiger partial charge is 0.354 e.